The van der Waals surface area contributed by atoms with Crippen molar-refractivity contribution in [1.29, 1.82) is 0 Å². The number of benzene rings is 2. The van der Waals surface area contributed by atoms with Crippen molar-refractivity contribution in [2.75, 3.05) is 7.11 Å². The van der Waals surface area contributed by atoms with Gasteiger partial charge in [-0.2, -0.15) is 0 Å². The normalized spacial score (nSPS) is 14.6. The van der Waals surface area contributed by atoms with E-state index in [1.165, 1.54) is 43.5 Å². The smallest absolute Gasteiger partial charge is 0.314 e. The van der Waals surface area contributed by atoms with Crippen LogP contribution in [0, 0.1) is 11.6 Å². The van der Waals surface area contributed by atoms with E-state index in [0.29, 0.717) is 5.56 Å². The van der Waals surface area contributed by atoms with Crippen molar-refractivity contribution < 1.29 is 42.5 Å². The Bertz CT molecular complexity index is 939. The Morgan fingerprint density at radius 2 is 1.47 bits per heavy atom. The van der Waals surface area contributed by atoms with Crippen molar-refractivity contribution >= 4 is 23.9 Å². The molecule has 2 aromatic rings. The summed E-state index contributed by atoms with van der Waals surface area (Å²) in [6, 6.07) is 11.2. The fraction of sp³-hybridized carbons (Fsp3) is 0.304. The molecule has 0 aliphatic carbocycles. The minimum absolute atomic E-state index is 0.0333. The number of rotatable bonds is 6. The molecule has 0 amide bonds. The molecule has 1 aliphatic heterocycles. The number of ether oxygens (including phenoxy) is 2. The molecule has 170 valence electrons. The van der Waals surface area contributed by atoms with E-state index in [1.54, 1.807) is 12.1 Å². The van der Waals surface area contributed by atoms with Gasteiger partial charge in [0.1, 0.15) is 11.6 Å². The molecular weight excluding hydrogens is 426 g/mol. The van der Waals surface area contributed by atoms with Crippen molar-refractivity contribution in [2.45, 2.75) is 37.5 Å². The maximum atomic E-state index is 12.7. The first-order chi connectivity index (χ1) is 15.2. The molecule has 9 heteroatoms. The molecule has 0 aromatic heterocycles. The first-order valence-electron chi connectivity index (χ1n) is 9.71. The van der Waals surface area contributed by atoms with Gasteiger partial charge in [0.2, 0.25) is 0 Å². The van der Waals surface area contributed by atoms with Crippen LogP contribution in [0.2, 0.25) is 0 Å². The quantitative estimate of drug-likeness (QED) is 0.530. The van der Waals surface area contributed by atoms with Gasteiger partial charge in [-0.1, -0.05) is 24.3 Å². The number of hydrogen-bond donors (Lipinski definition) is 1. The number of methoxy groups -OCH3 is 1. The van der Waals surface area contributed by atoms with Crippen molar-refractivity contribution in [3.63, 3.8) is 0 Å². The lowest BCUT2D eigenvalue weighted by molar-refractivity contribution is -0.164. The van der Waals surface area contributed by atoms with Crippen LogP contribution in [-0.4, -0.2) is 36.1 Å². The fourth-order valence-corrected chi connectivity index (χ4v) is 3.19. The van der Waals surface area contributed by atoms with Gasteiger partial charge in [0.25, 0.3) is 0 Å². The molecule has 0 unspecified atom stereocenters. The van der Waals surface area contributed by atoms with Gasteiger partial charge in [0, 0.05) is 11.8 Å². The third-order valence-electron chi connectivity index (χ3n) is 4.80. The lowest BCUT2D eigenvalue weighted by atomic mass is 9.91. The van der Waals surface area contributed by atoms with Gasteiger partial charge in [0.15, 0.2) is 0 Å². The summed E-state index contributed by atoms with van der Waals surface area (Å²) < 4.78 is 34.3. The molecule has 1 fully saturated rings. The van der Waals surface area contributed by atoms with E-state index in [1.807, 2.05) is 0 Å². The topological polar surface area (TPSA) is 107 Å². The molecule has 0 bridgehead atoms. The first kappa shape index (κ1) is 24.6. The summed E-state index contributed by atoms with van der Waals surface area (Å²) in [5, 5.41) is 8.76. The number of carboxylic acids is 1. The molecule has 32 heavy (non-hydrogen) atoms. The Morgan fingerprint density at radius 3 is 1.94 bits per heavy atom. The summed E-state index contributed by atoms with van der Waals surface area (Å²) >= 11 is 0. The molecule has 0 saturated carbocycles. The second-order valence-electron chi connectivity index (χ2n) is 7.13. The predicted octanol–water partition coefficient (Wildman–Crippen LogP) is 3.72. The van der Waals surface area contributed by atoms with Crippen LogP contribution in [-0.2, 0) is 28.7 Å². The average molecular weight is 448 g/mol. The van der Waals surface area contributed by atoms with Crippen molar-refractivity contribution in [2.24, 2.45) is 0 Å². The van der Waals surface area contributed by atoms with Crippen LogP contribution in [0.15, 0.2) is 48.5 Å². The van der Waals surface area contributed by atoms with E-state index in [4.69, 9.17) is 5.11 Å². The molecule has 3 rings (SSSR count). The standard InChI is InChI=1S/C12H13FO4.C11H9FO3/c1-17-12(16)7-9(6-11(14)15)8-2-4-10(13)5-3-8;12-9-3-1-7(2-4-9)8-5-10(13)15-11(14)6-8/h2-5,9H,6-7H2,1H3,(H,14,15);1-4,8H,5-6H2/t9-;/m1./s1. The molecule has 1 N–H and O–H groups in total. The number of esters is 3. The molecule has 0 spiro atoms. The average Bonchev–Trinajstić information content (AvgIpc) is 2.73. The molecule has 0 radical (unpaired) electrons. The van der Waals surface area contributed by atoms with Crippen LogP contribution < -0.4 is 0 Å². The van der Waals surface area contributed by atoms with Gasteiger partial charge in [-0.3, -0.25) is 19.2 Å². The third-order valence-corrected chi connectivity index (χ3v) is 4.80. The van der Waals surface area contributed by atoms with Crippen LogP contribution in [0.1, 0.15) is 48.6 Å². The first-order valence-corrected chi connectivity index (χ1v) is 9.71. The van der Waals surface area contributed by atoms with E-state index in [9.17, 15) is 28.0 Å². The summed E-state index contributed by atoms with van der Waals surface area (Å²) in [6.07, 6.45) is 0.129. The second kappa shape index (κ2) is 11.7. The molecule has 1 aliphatic rings. The maximum Gasteiger partial charge on any atom is 0.314 e. The number of carbonyl (C=O) groups is 4. The summed E-state index contributed by atoms with van der Waals surface area (Å²) in [5.74, 6) is -3.94. The van der Waals surface area contributed by atoms with Crippen molar-refractivity contribution in [3.8, 4) is 0 Å². The highest BCUT2D eigenvalue weighted by atomic mass is 19.1. The Morgan fingerprint density at radius 1 is 0.969 bits per heavy atom. The molecular formula is C23H22F2O7. The Hall–Kier alpha value is -3.62. The number of aliphatic carboxylic acids is 1. The minimum Gasteiger partial charge on any atom is -0.481 e. The number of cyclic esters (lactones) is 2. The van der Waals surface area contributed by atoms with Gasteiger partial charge in [0.05, 0.1) is 32.8 Å². The summed E-state index contributed by atoms with van der Waals surface area (Å²) in [5.41, 5.74) is 1.40. The summed E-state index contributed by atoms with van der Waals surface area (Å²) in [4.78, 5) is 43.9. The maximum absolute atomic E-state index is 12.7. The van der Waals surface area contributed by atoms with E-state index < -0.39 is 35.6 Å². The van der Waals surface area contributed by atoms with E-state index in [-0.39, 0.29) is 37.4 Å². The van der Waals surface area contributed by atoms with E-state index in [0.717, 1.165) is 5.56 Å². The zero-order valence-corrected chi connectivity index (χ0v) is 17.3. The van der Waals surface area contributed by atoms with E-state index >= 15 is 0 Å². The highest BCUT2D eigenvalue weighted by Gasteiger charge is 2.28. The largest absolute Gasteiger partial charge is 0.481 e. The highest BCUT2D eigenvalue weighted by Crippen LogP contribution is 2.28. The minimum atomic E-state index is -1.01. The van der Waals surface area contributed by atoms with Gasteiger partial charge in [-0.05, 0) is 35.4 Å². The van der Waals surface area contributed by atoms with Gasteiger partial charge >= 0.3 is 23.9 Å². The zero-order valence-electron chi connectivity index (χ0n) is 17.3. The monoisotopic (exact) mass is 448 g/mol. The van der Waals surface area contributed by atoms with Crippen molar-refractivity contribution in [1.82, 2.24) is 0 Å². The van der Waals surface area contributed by atoms with Gasteiger partial charge < -0.3 is 14.6 Å². The summed E-state index contributed by atoms with van der Waals surface area (Å²) in [6.45, 7) is 0. The molecule has 7 nitrogen and oxygen atoms in total. The van der Waals surface area contributed by atoms with Crippen LogP contribution in [0.5, 0.6) is 0 Å². The van der Waals surface area contributed by atoms with Crippen LogP contribution in [0.25, 0.3) is 0 Å². The zero-order chi connectivity index (χ0) is 23.7. The number of halogens is 2. The fourth-order valence-electron chi connectivity index (χ4n) is 3.19. The van der Waals surface area contributed by atoms with Crippen LogP contribution >= 0.6 is 0 Å². The number of hydrogen-bond acceptors (Lipinski definition) is 6. The number of carboxylic acid groups (broad SMARTS) is 1. The molecule has 1 saturated heterocycles. The van der Waals surface area contributed by atoms with Gasteiger partial charge in [-0.25, -0.2) is 8.78 Å². The molecule has 2 aromatic carbocycles. The van der Waals surface area contributed by atoms with E-state index in [2.05, 4.69) is 9.47 Å². The van der Waals surface area contributed by atoms with Crippen LogP contribution in [0.4, 0.5) is 8.78 Å². The number of carbonyl (C=O) groups excluding carboxylic acids is 3. The Kier molecular flexibility index (Phi) is 9.00. The Balaban J connectivity index is 0.000000228. The van der Waals surface area contributed by atoms with Crippen LogP contribution in [0.3, 0.4) is 0 Å². The third kappa shape index (κ3) is 7.90. The highest BCUT2D eigenvalue weighted by molar-refractivity contribution is 5.89. The lowest BCUT2D eigenvalue weighted by Gasteiger charge is -2.19. The molecule has 1 heterocycles. The molecule has 1 atom stereocenters. The Labute approximate surface area is 183 Å². The summed E-state index contributed by atoms with van der Waals surface area (Å²) in [7, 11) is 1.24. The SMILES string of the molecule is COC(=O)C[C@@H](CC(=O)O)c1ccc(F)cc1.O=C1CC(c2ccc(F)cc2)CC(=O)O1. The lowest BCUT2D eigenvalue weighted by Crippen LogP contribution is -2.24. The van der Waals surface area contributed by atoms with Gasteiger partial charge in [-0.15, -0.1) is 0 Å². The predicted molar refractivity (Wildman–Crippen MR) is 108 cm³/mol. The second-order valence-corrected chi connectivity index (χ2v) is 7.13. The van der Waals surface area contributed by atoms with Crippen molar-refractivity contribution in [3.05, 3.63) is 71.3 Å².